The Kier molecular flexibility index (Phi) is 4.42. The molecule has 1 N–H and O–H groups in total. The highest BCUT2D eigenvalue weighted by Gasteiger charge is 2.17. The van der Waals surface area contributed by atoms with Crippen LogP contribution in [0.2, 0.25) is 0 Å². The molecule has 1 unspecified atom stereocenters. The van der Waals surface area contributed by atoms with Crippen LogP contribution >= 0.6 is 0 Å². The Bertz CT molecular complexity index is 609. The summed E-state index contributed by atoms with van der Waals surface area (Å²) in [6, 6.07) is 18.8. The summed E-state index contributed by atoms with van der Waals surface area (Å²) in [6.07, 6.45) is 0. The summed E-state index contributed by atoms with van der Waals surface area (Å²) in [6.45, 7) is 6.34. The number of nitrogens with zero attached hydrogens (tertiary/aromatic N) is 1. The molecule has 0 aliphatic heterocycles. The van der Waals surface area contributed by atoms with Crippen LogP contribution in [0.15, 0.2) is 48.5 Å². The molecule has 20 heavy (non-hydrogen) atoms. The maximum absolute atomic E-state index is 9.33. The SMILES string of the molecule is Cc1cccc(NC(c2ccccc2)C(C)C)c1C#N. The number of rotatable bonds is 4. The van der Waals surface area contributed by atoms with E-state index in [2.05, 4.69) is 37.4 Å². The first-order chi connectivity index (χ1) is 9.63. The fourth-order valence-electron chi connectivity index (χ4n) is 2.40. The van der Waals surface area contributed by atoms with Crippen molar-refractivity contribution in [3.8, 4) is 6.07 Å². The minimum absolute atomic E-state index is 0.199. The molecule has 0 aliphatic rings. The van der Waals surface area contributed by atoms with Crippen LogP contribution in [0.25, 0.3) is 0 Å². The summed E-state index contributed by atoms with van der Waals surface area (Å²) in [5, 5.41) is 12.9. The van der Waals surface area contributed by atoms with Gasteiger partial charge in [-0.05, 0) is 30.0 Å². The molecule has 0 amide bonds. The average molecular weight is 264 g/mol. The van der Waals surface area contributed by atoms with Crippen molar-refractivity contribution in [2.75, 3.05) is 5.32 Å². The van der Waals surface area contributed by atoms with E-state index in [9.17, 15) is 5.26 Å². The second-order valence-corrected chi connectivity index (χ2v) is 5.39. The van der Waals surface area contributed by atoms with Crippen molar-refractivity contribution in [1.29, 1.82) is 5.26 Å². The highest BCUT2D eigenvalue weighted by molar-refractivity contribution is 5.61. The van der Waals surface area contributed by atoms with E-state index in [1.807, 2.05) is 43.3 Å². The average Bonchev–Trinajstić information content (AvgIpc) is 2.45. The Morgan fingerprint density at radius 3 is 2.30 bits per heavy atom. The van der Waals surface area contributed by atoms with Gasteiger partial charge in [0.15, 0.2) is 0 Å². The van der Waals surface area contributed by atoms with Gasteiger partial charge < -0.3 is 5.32 Å². The number of anilines is 1. The first-order valence-electron chi connectivity index (χ1n) is 6.94. The molecule has 2 heteroatoms. The maximum atomic E-state index is 9.33. The molecule has 0 aliphatic carbocycles. The molecule has 0 heterocycles. The molecule has 2 aromatic rings. The first-order valence-corrected chi connectivity index (χ1v) is 6.94. The molecule has 0 aromatic heterocycles. The molecule has 0 saturated carbocycles. The molecule has 0 spiro atoms. The van der Waals surface area contributed by atoms with Gasteiger partial charge in [0.1, 0.15) is 6.07 Å². The van der Waals surface area contributed by atoms with Crippen molar-refractivity contribution < 1.29 is 0 Å². The van der Waals surface area contributed by atoms with Crippen molar-refractivity contribution >= 4 is 5.69 Å². The summed E-state index contributed by atoms with van der Waals surface area (Å²) in [5.41, 5.74) is 3.89. The van der Waals surface area contributed by atoms with Gasteiger partial charge in [-0.1, -0.05) is 56.3 Å². The summed E-state index contributed by atoms with van der Waals surface area (Å²) in [7, 11) is 0. The zero-order valence-corrected chi connectivity index (χ0v) is 12.2. The van der Waals surface area contributed by atoms with Gasteiger partial charge in [0.2, 0.25) is 0 Å². The van der Waals surface area contributed by atoms with Crippen LogP contribution in [0.3, 0.4) is 0 Å². The molecule has 2 nitrogen and oxygen atoms in total. The molecule has 0 bridgehead atoms. The van der Waals surface area contributed by atoms with Crippen LogP contribution in [0, 0.1) is 24.2 Å². The number of benzene rings is 2. The number of aryl methyl sites for hydroxylation is 1. The Labute approximate surface area is 121 Å². The molecule has 2 rings (SSSR count). The van der Waals surface area contributed by atoms with Crippen LogP contribution in [0.4, 0.5) is 5.69 Å². The summed E-state index contributed by atoms with van der Waals surface area (Å²) < 4.78 is 0. The summed E-state index contributed by atoms with van der Waals surface area (Å²) in [5.74, 6) is 0.435. The number of hydrogen-bond acceptors (Lipinski definition) is 2. The largest absolute Gasteiger partial charge is 0.377 e. The fourth-order valence-corrected chi connectivity index (χ4v) is 2.40. The Balaban J connectivity index is 2.36. The van der Waals surface area contributed by atoms with Gasteiger partial charge in [0.05, 0.1) is 17.3 Å². The standard InChI is InChI=1S/C18H20N2/c1-13(2)18(15-9-5-4-6-10-15)20-17-11-7-8-14(3)16(17)12-19/h4-11,13,18,20H,1-3H3. The third-order valence-electron chi connectivity index (χ3n) is 3.52. The highest BCUT2D eigenvalue weighted by atomic mass is 14.9. The van der Waals surface area contributed by atoms with Crippen molar-refractivity contribution in [2.24, 2.45) is 5.92 Å². The second kappa shape index (κ2) is 6.25. The molecule has 2 aromatic carbocycles. The molecule has 0 radical (unpaired) electrons. The third-order valence-corrected chi connectivity index (χ3v) is 3.52. The normalized spacial score (nSPS) is 11.9. The lowest BCUT2D eigenvalue weighted by atomic mass is 9.95. The van der Waals surface area contributed by atoms with Gasteiger partial charge in [-0.2, -0.15) is 5.26 Å². The van der Waals surface area contributed by atoms with E-state index in [0.717, 1.165) is 16.8 Å². The zero-order valence-electron chi connectivity index (χ0n) is 12.2. The smallest absolute Gasteiger partial charge is 0.102 e. The van der Waals surface area contributed by atoms with Gasteiger partial charge in [0.25, 0.3) is 0 Å². The van der Waals surface area contributed by atoms with Gasteiger partial charge >= 0.3 is 0 Å². The molecular formula is C18H20N2. The van der Waals surface area contributed by atoms with Crippen LogP contribution < -0.4 is 5.32 Å². The van der Waals surface area contributed by atoms with E-state index in [-0.39, 0.29) is 6.04 Å². The lowest BCUT2D eigenvalue weighted by Crippen LogP contribution is -2.17. The van der Waals surface area contributed by atoms with Crippen LogP contribution in [0.5, 0.6) is 0 Å². The predicted octanol–water partition coefficient (Wildman–Crippen LogP) is 4.68. The quantitative estimate of drug-likeness (QED) is 0.870. The van der Waals surface area contributed by atoms with E-state index < -0.39 is 0 Å². The van der Waals surface area contributed by atoms with Crippen molar-refractivity contribution in [3.63, 3.8) is 0 Å². The lowest BCUT2D eigenvalue weighted by Gasteiger charge is -2.25. The lowest BCUT2D eigenvalue weighted by molar-refractivity contribution is 0.546. The van der Waals surface area contributed by atoms with Gasteiger partial charge in [-0.25, -0.2) is 0 Å². The fraction of sp³-hybridized carbons (Fsp3) is 0.278. The number of nitrogens with one attached hydrogen (secondary N) is 1. The van der Waals surface area contributed by atoms with E-state index >= 15 is 0 Å². The van der Waals surface area contributed by atoms with Crippen LogP contribution in [-0.4, -0.2) is 0 Å². The van der Waals surface area contributed by atoms with Crippen molar-refractivity contribution in [2.45, 2.75) is 26.8 Å². The van der Waals surface area contributed by atoms with Gasteiger partial charge in [0, 0.05) is 0 Å². The van der Waals surface area contributed by atoms with Gasteiger partial charge in [-0.3, -0.25) is 0 Å². The second-order valence-electron chi connectivity index (χ2n) is 5.39. The summed E-state index contributed by atoms with van der Waals surface area (Å²) in [4.78, 5) is 0. The predicted molar refractivity (Wildman–Crippen MR) is 83.5 cm³/mol. The van der Waals surface area contributed by atoms with Gasteiger partial charge in [-0.15, -0.1) is 0 Å². The Morgan fingerprint density at radius 1 is 1.00 bits per heavy atom. The van der Waals surface area contributed by atoms with E-state index in [1.165, 1.54) is 5.56 Å². The third kappa shape index (κ3) is 3.00. The minimum atomic E-state index is 0.199. The zero-order chi connectivity index (χ0) is 14.5. The maximum Gasteiger partial charge on any atom is 0.102 e. The molecule has 0 saturated heterocycles. The number of hydrogen-bond donors (Lipinski definition) is 1. The number of nitriles is 1. The molecule has 0 fully saturated rings. The first kappa shape index (κ1) is 14.1. The van der Waals surface area contributed by atoms with Crippen LogP contribution in [0.1, 0.15) is 36.6 Å². The Hall–Kier alpha value is -2.27. The van der Waals surface area contributed by atoms with E-state index in [0.29, 0.717) is 5.92 Å². The Morgan fingerprint density at radius 2 is 1.70 bits per heavy atom. The topological polar surface area (TPSA) is 35.8 Å². The van der Waals surface area contributed by atoms with Crippen molar-refractivity contribution in [1.82, 2.24) is 0 Å². The van der Waals surface area contributed by atoms with Crippen molar-refractivity contribution in [3.05, 3.63) is 65.2 Å². The van der Waals surface area contributed by atoms with Crippen LogP contribution in [-0.2, 0) is 0 Å². The minimum Gasteiger partial charge on any atom is -0.377 e. The monoisotopic (exact) mass is 264 g/mol. The summed E-state index contributed by atoms with van der Waals surface area (Å²) >= 11 is 0. The van der Waals surface area contributed by atoms with E-state index in [1.54, 1.807) is 0 Å². The molecular weight excluding hydrogens is 244 g/mol. The highest BCUT2D eigenvalue weighted by Crippen LogP contribution is 2.29. The molecule has 1 atom stereocenters. The van der Waals surface area contributed by atoms with E-state index in [4.69, 9.17) is 0 Å². The molecule has 102 valence electrons.